The Hall–Kier alpha value is -3.72. The molecule has 0 atom stereocenters. The molecule has 0 saturated carbocycles. The molecule has 1 N–H and O–H groups in total. The third-order valence-electron chi connectivity index (χ3n) is 4.28. The summed E-state index contributed by atoms with van der Waals surface area (Å²) in [7, 11) is 0. The molecule has 3 rings (SSSR count). The van der Waals surface area contributed by atoms with Gasteiger partial charge < -0.3 is 10.2 Å². The van der Waals surface area contributed by atoms with Crippen LogP contribution in [-0.2, 0) is 6.54 Å². The third kappa shape index (κ3) is 4.51. The van der Waals surface area contributed by atoms with Crippen LogP contribution in [0.4, 0.5) is 11.5 Å². The highest BCUT2D eigenvalue weighted by atomic mass is 16.2. The first-order valence-electron chi connectivity index (χ1n) is 9.01. The number of nitrogens with one attached hydrogen (secondary N) is 1. The van der Waals surface area contributed by atoms with E-state index in [1.165, 1.54) is 6.33 Å². The fourth-order valence-electron chi connectivity index (χ4n) is 2.79. The molecule has 140 valence electrons. The van der Waals surface area contributed by atoms with Gasteiger partial charge in [0.2, 0.25) is 0 Å². The minimum absolute atomic E-state index is 0.0124. The number of carbonyl (C=O) groups excluding carboxylic acids is 1. The minimum Gasteiger partial charge on any atom is -0.339 e. The Labute approximate surface area is 164 Å². The highest BCUT2D eigenvalue weighted by molar-refractivity contribution is 5.93. The van der Waals surface area contributed by atoms with Gasteiger partial charge in [-0.3, -0.25) is 4.79 Å². The van der Waals surface area contributed by atoms with E-state index in [0.717, 1.165) is 5.56 Å². The maximum absolute atomic E-state index is 13.1. The van der Waals surface area contributed by atoms with Gasteiger partial charge in [0.05, 0.1) is 11.3 Å². The lowest BCUT2D eigenvalue weighted by atomic mass is 10.1. The molecule has 6 nitrogen and oxygen atoms in total. The van der Waals surface area contributed by atoms with Gasteiger partial charge in [-0.1, -0.05) is 42.5 Å². The average Bonchev–Trinajstić information content (AvgIpc) is 2.72. The number of carbonyl (C=O) groups is 1. The van der Waals surface area contributed by atoms with Crippen molar-refractivity contribution >= 4 is 17.4 Å². The van der Waals surface area contributed by atoms with Gasteiger partial charge in [-0.15, -0.1) is 0 Å². The number of para-hydroxylation sites is 1. The van der Waals surface area contributed by atoms with Crippen LogP contribution in [0, 0.1) is 11.3 Å². The van der Waals surface area contributed by atoms with Crippen molar-refractivity contribution in [2.75, 3.05) is 5.32 Å². The predicted octanol–water partition coefficient (Wildman–Crippen LogP) is 4.14. The molecule has 0 radical (unpaired) electrons. The van der Waals surface area contributed by atoms with Crippen molar-refractivity contribution in [1.82, 2.24) is 14.9 Å². The first-order valence-corrected chi connectivity index (χ1v) is 9.01. The third-order valence-corrected chi connectivity index (χ3v) is 4.28. The summed E-state index contributed by atoms with van der Waals surface area (Å²) in [6, 6.07) is 20.7. The largest absolute Gasteiger partial charge is 0.339 e. The van der Waals surface area contributed by atoms with Gasteiger partial charge in [-0.05, 0) is 31.5 Å². The molecule has 0 spiro atoms. The number of amides is 1. The topological polar surface area (TPSA) is 81.9 Å². The minimum atomic E-state index is -0.169. The van der Waals surface area contributed by atoms with E-state index in [9.17, 15) is 10.1 Å². The molecule has 1 amide bonds. The molecule has 0 saturated heterocycles. The summed E-state index contributed by atoms with van der Waals surface area (Å²) >= 11 is 0. The van der Waals surface area contributed by atoms with Crippen molar-refractivity contribution in [3.63, 3.8) is 0 Å². The van der Waals surface area contributed by atoms with Crippen LogP contribution in [0.25, 0.3) is 0 Å². The van der Waals surface area contributed by atoms with E-state index in [1.54, 1.807) is 29.2 Å². The standard InChI is InChI=1S/C22H21N5O/c1-16(2)27(14-17-8-4-3-5-9-17)22(28)20-12-21(25-15-24-20)26-19-11-7-6-10-18(19)13-23/h3-12,15-16H,14H2,1-2H3,(H,24,25,26). The monoisotopic (exact) mass is 371 g/mol. The zero-order valence-corrected chi connectivity index (χ0v) is 15.8. The van der Waals surface area contributed by atoms with Crippen LogP contribution in [0.3, 0.4) is 0 Å². The van der Waals surface area contributed by atoms with Crippen molar-refractivity contribution in [3.05, 3.63) is 83.8 Å². The van der Waals surface area contributed by atoms with Crippen molar-refractivity contribution < 1.29 is 4.79 Å². The zero-order valence-electron chi connectivity index (χ0n) is 15.8. The Morgan fingerprint density at radius 3 is 2.54 bits per heavy atom. The van der Waals surface area contributed by atoms with Gasteiger partial charge in [0.15, 0.2) is 0 Å². The Balaban J connectivity index is 1.83. The lowest BCUT2D eigenvalue weighted by Crippen LogP contribution is -2.36. The number of benzene rings is 2. The number of nitrogens with zero attached hydrogens (tertiary/aromatic N) is 4. The van der Waals surface area contributed by atoms with Crippen LogP contribution in [0.5, 0.6) is 0 Å². The number of aromatic nitrogens is 2. The molecule has 0 bridgehead atoms. The van der Waals surface area contributed by atoms with Gasteiger partial charge in [0, 0.05) is 18.7 Å². The second-order valence-electron chi connectivity index (χ2n) is 6.58. The molecule has 1 heterocycles. The van der Waals surface area contributed by atoms with E-state index in [-0.39, 0.29) is 11.9 Å². The second kappa shape index (κ2) is 8.78. The van der Waals surface area contributed by atoms with Gasteiger partial charge in [0.1, 0.15) is 23.9 Å². The van der Waals surface area contributed by atoms with Crippen molar-refractivity contribution in [1.29, 1.82) is 5.26 Å². The summed E-state index contributed by atoms with van der Waals surface area (Å²) in [6.45, 7) is 4.45. The smallest absolute Gasteiger partial charge is 0.273 e. The van der Waals surface area contributed by atoms with Crippen molar-refractivity contribution in [2.24, 2.45) is 0 Å². The molecule has 3 aromatic rings. The van der Waals surface area contributed by atoms with Crippen LogP contribution in [0.1, 0.15) is 35.5 Å². The molecule has 0 aliphatic heterocycles. The molecule has 1 aromatic heterocycles. The molecule has 0 fully saturated rings. The summed E-state index contributed by atoms with van der Waals surface area (Å²) in [5.41, 5.74) is 2.49. The van der Waals surface area contributed by atoms with Gasteiger partial charge in [0.25, 0.3) is 5.91 Å². The Morgan fingerprint density at radius 2 is 1.82 bits per heavy atom. The average molecular weight is 371 g/mol. The SMILES string of the molecule is CC(C)N(Cc1ccccc1)C(=O)c1cc(Nc2ccccc2C#N)ncn1. The van der Waals surface area contributed by atoms with E-state index < -0.39 is 0 Å². The summed E-state index contributed by atoms with van der Waals surface area (Å²) in [5, 5.41) is 12.3. The maximum Gasteiger partial charge on any atom is 0.273 e. The number of nitriles is 1. The number of anilines is 2. The first-order chi connectivity index (χ1) is 13.6. The molecule has 28 heavy (non-hydrogen) atoms. The van der Waals surface area contributed by atoms with E-state index in [0.29, 0.717) is 29.3 Å². The molecule has 0 unspecified atom stereocenters. The Morgan fingerprint density at radius 1 is 1.11 bits per heavy atom. The lowest BCUT2D eigenvalue weighted by molar-refractivity contribution is 0.0684. The molecule has 0 aliphatic carbocycles. The van der Waals surface area contributed by atoms with Crippen LogP contribution in [0.15, 0.2) is 67.0 Å². The van der Waals surface area contributed by atoms with Gasteiger partial charge in [-0.2, -0.15) is 5.26 Å². The van der Waals surface area contributed by atoms with Crippen LogP contribution in [0.2, 0.25) is 0 Å². The summed E-state index contributed by atoms with van der Waals surface area (Å²) in [6.07, 6.45) is 1.35. The van der Waals surface area contributed by atoms with E-state index in [4.69, 9.17) is 0 Å². The zero-order chi connectivity index (χ0) is 19.9. The molecular formula is C22H21N5O. The Bertz CT molecular complexity index is 995. The number of rotatable bonds is 6. The number of hydrogen-bond acceptors (Lipinski definition) is 5. The lowest BCUT2D eigenvalue weighted by Gasteiger charge is -2.26. The predicted molar refractivity (Wildman–Crippen MR) is 108 cm³/mol. The molecule has 0 aliphatic rings. The summed E-state index contributed by atoms with van der Waals surface area (Å²) in [4.78, 5) is 23.2. The van der Waals surface area contributed by atoms with E-state index in [2.05, 4.69) is 21.4 Å². The normalized spacial score (nSPS) is 10.4. The van der Waals surface area contributed by atoms with Crippen LogP contribution in [-0.4, -0.2) is 26.8 Å². The van der Waals surface area contributed by atoms with Crippen LogP contribution >= 0.6 is 0 Å². The highest BCUT2D eigenvalue weighted by Gasteiger charge is 2.21. The fourth-order valence-corrected chi connectivity index (χ4v) is 2.79. The van der Waals surface area contributed by atoms with Crippen molar-refractivity contribution in [2.45, 2.75) is 26.4 Å². The van der Waals surface area contributed by atoms with Crippen LogP contribution < -0.4 is 5.32 Å². The van der Waals surface area contributed by atoms with Gasteiger partial charge in [-0.25, -0.2) is 9.97 Å². The molecule has 6 heteroatoms. The second-order valence-corrected chi connectivity index (χ2v) is 6.58. The fraction of sp³-hybridized carbons (Fsp3) is 0.182. The van der Waals surface area contributed by atoms with E-state index in [1.807, 2.05) is 50.2 Å². The van der Waals surface area contributed by atoms with Crippen molar-refractivity contribution in [3.8, 4) is 6.07 Å². The molecular weight excluding hydrogens is 350 g/mol. The quantitative estimate of drug-likeness (QED) is 0.704. The summed E-state index contributed by atoms with van der Waals surface area (Å²) in [5.74, 6) is 0.294. The maximum atomic E-state index is 13.1. The Kier molecular flexibility index (Phi) is 5.97. The summed E-state index contributed by atoms with van der Waals surface area (Å²) < 4.78 is 0. The highest BCUT2D eigenvalue weighted by Crippen LogP contribution is 2.20. The number of hydrogen-bond donors (Lipinski definition) is 1. The first kappa shape index (κ1) is 19.1. The van der Waals surface area contributed by atoms with E-state index >= 15 is 0 Å². The van der Waals surface area contributed by atoms with Gasteiger partial charge >= 0.3 is 0 Å². The molecule has 2 aromatic carbocycles.